The highest BCUT2D eigenvalue weighted by Crippen LogP contribution is 2.74. The molecule has 4 saturated carbocycles. The molecule has 0 radical (unpaired) electrons. The van der Waals surface area contributed by atoms with Crippen LogP contribution < -0.4 is 0 Å². The number of rotatable bonds is 6. The molecule has 8 atom stereocenters. The largest absolute Gasteiger partial charge is 0.0654 e. The van der Waals surface area contributed by atoms with Crippen molar-refractivity contribution in [3.05, 3.63) is 0 Å². The second kappa shape index (κ2) is 6.25. The summed E-state index contributed by atoms with van der Waals surface area (Å²) >= 11 is 0. The van der Waals surface area contributed by atoms with Crippen LogP contribution in [0.5, 0.6) is 0 Å². The van der Waals surface area contributed by atoms with E-state index >= 15 is 0 Å². The zero-order chi connectivity index (χ0) is 19.8. The maximum Gasteiger partial charge on any atom is -0.0241 e. The minimum atomic E-state index is 0.569. The van der Waals surface area contributed by atoms with Crippen LogP contribution in [0.1, 0.15) is 113 Å². The highest BCUT2D eigenvalue weighted by Gasteiger charge is 2.67. The molecule has 0 saturated heterocycles. The minimum Gasteiger partial charge on any atom is -0.0654 e. The van der Waals surface area contributed by atoms with Gasteiger partial charge in [-0.3, -0.25) is 0 Å². The fourth-order valence-electron chi connectivity index (χ4n) is 10.2. The Hall–Kier alpha value is 0. The lowest BCUT2D eigenvalue weighted by molar-refractivity contribution is 0.0619. The second-order valence-corrected chi connectivity index (χ2v) is 12.9. The number of hydrogen-bond acceptors (Lipinski definition) is 0. The molecule has 4 aliphatic rings. The predicted octanol–water partition coefficient (Wildman–Crippen LogP) is 8.35. The molecule has 0 spiro atoms. The fourth-order valence-corrected chi connectivity index (χ4v) is 10.2. The summed E-state index contributed by atoms with van der Waals surface area (Å²) in [6, 6.07) is 0. The number of fused-ring (bicyclic) bond motifs is 4. The summed E-state index contributed by atoms with van der Waals surface area (Å²) in [6.07, 6.45) is 13.4. The van der Waals surface area contributed by atoms with E-state index in [1.807, 2.05) is 0 Å². The van der Waals surface area contributed by atoms with E-state index < -0.39 is 0 Å². The minimum absolute atomic E-state index is 0.569. The van der Waals surface area contributed by atoms with Crippen LogP contribution >= 0.6 is 0 Å². The van der Waals surface area contributed by atoms with Crippen LogP contribution in [0.25, 0.3) is 0 Å². The van der Waals surface area contributed by atoms with Crippen LogP contribution in [0.2, 0.25) is 0 Å². The van der Waals surface area contributed by atoms with Crippen molar-refractivity contribution in [1.29, 1.82) is 0 Å². The lowest BCUT2D eigenvalue weighted by Crippen LogP contribution is -2.35. The monoisotopic (exact) mass is 372 g/mol. The molecule has 8 unspecified atom stereocenters. The Morgan fingerprint density at radius 1 is 0.630 bits per heavy atom. The van der Waals surface area contributed by atoms with E-state index in [2.05, 4.69) is 55.4 Å². The first-order valence-electron chi connectivity index (χ1n) is 12.6. The molecule has 0 N–H and O–H groups in total. The number of hydrogen-bond donors (Lipinski definition) is 0. The van der Waals surface area contributed by atoms with E-state index in [9.17, 15) is 0 Å². The first-order chi connectivity index (χ1) is 12.6. The van der Waals surface area contributed by atoms with Crippen LogP contribution in [0.15, 0.2) is 0 Å². The quantitative estimate of drug-likeness (QED) is 0.439. The lowest BCUT2D eigenvalue weighted by atomic mass is 9.62. The molecule has 4 bridgehead atoms. The average molecular weight is 373 g/mol. The molecular weight excluding hydrogens is 324 g/mol. The van der Waals surface area contributed by atoms with Crippen molar-refractivity contribution in [2.75, 3.05) is 0 Å². The van der Waals surface area contributed by atoms with E-state index in [0.717, 1.165) is 35.5 Å². The van der Waals surface area contributed by atoms with Crippen LogP contribution in [-0.2, 0) is 0 Å². The molecule has 0 aromatic rings. The summed E-state index contributed by atoms with van der Waals surface area (Å²) in [5.41, 5.74) is 2.36. The van der Waals surface area contributed by atoms with E-state index in [-0.39, 0.29) is 0 Å². The van der Waals surface area contributed by atoms with E-state index in [0.29, 0.717) is 21.7 Å². The smallest absolute Gasteiger partial charge is 0.0241 e. The summed E-state index contributed by atoms with van der Waals surface area (Å²) < 4.78 is 0. The first kappa shape index (κ1) is 20.3. The molecule has 4 rings (SSSR count). The molecule has 0 aromatic heterocycles. The molecule has 27 heavy (non-hydrogen) atoms. The van der Waals surface area contributed by atoms with Crippen molar-refractivity contribution in [2.24, 2.45) is 57.2 Å². The Labute approximate surface area is 170 Å². The zero-order valence-electron chi connectivity index (χ0n) is 19.8. The van der Waals surface area contributed by atoms with Crippen molar-refractivity contribution < 1.29 is 0 Å². The summed E-state index contributed by atoms with van der Waals surface area (Å²) in [5, 5.41) is 0. The second-order valence-electron chi connectivity index (χ2n) is 12.9. The molecule has 0 amide bonds. The van der Waals surface area contributed by atoms with Crippen LogP contribution in [-0.4, -0.2) is 0 Å². The first-order valence-corrected chi connectivity index (χ1v) is 12.6. The van der Waals surface area contributed by atoms with Gasteiger partial charge in [0.2, 0.25) is 0 Å². The van der Waals surface area contributed by atoms with Gasteiger partial charge in [-0.1, -0.05) is 68.2 Å². The van der Waals surface area contributed by atoms with Gasteiger partial charge in [0.05, 0.1) is 0 Å². The molecule has 0 aromatic carbocycles. The predicted molar refractivity (Wildman–Crippen MR) is 118 cm³/mol. The van der Waals surface area contributed by atoms with Crippen LogP contribution in [0.4, 0.5) is 0 Å². The third-order valence-electron chi connectivity index (χ3n) is 12.3. The molecule has 0 nitrogen and oxygen atoms in total. The topological polar surface area (TPSA) is 0 Å². The Morgan fingerprint density at radius 2 is 1.11 bits per heavy atom. The van der Waals surface area contributed by atoms with Crippen molar-refractivity contribution in [1.82, 2.24) is 0 Å². The van der Waals surface area contributed by atoms with Gasteiger partial charge in [-0.05, 0) is 102 Å². The Balaban J connectivity index is 1.55. The van der Waals surface area contributed by atoms with Gasteiger partial charge in [-0.25, -0.2) is 0 Å². The maximum absolute atomic E-state index is 2.68. The highest BCUT2D eigenvalue weighted by atomic mass is 14.7. The summed E-state index contributed by atoms with van der Waals surface area (Å²) in [5.74, 6) is 6.01. The van der Waals surface area contributed by atoms with Crippen molar-refractivity contribution in [3.8, 4) is 0 Å². The van der Waals surface area contributed by atoms with Crippen LogP contribution in [0.3, 0.4) is 0 Å². The van der Waals surface area contributed by atoms with Gasteiger partial charge < -0.3 is 0 Å². The third kappa shape index (κ3) is 2.34. The molecule has 156 valence electrons. The van der Waals surface area contributed by atoms with Crippen molar-refractivity contribution in [2.45, 2.75) is 113 Å². The molecule has 4 fully saturated rings. The molecule has 0 aliphatic heterocycles. The molecule has 0 heteroatoms. The van der Waals surface area contributed by atoms with Gasteiger partial charge in [0.1, 0.15) is 0 Å². The van der Waals surface area contributed by atoms with Gasteiger partial charge in [-0.2, -0.15) is 0 Å². The van der Waals surface area contributed by atoms with Gasteiger partial charge in [0.15, 0.2) is 0 Å². The van der Waals surface area contributed by atoms with Crippen LogP contribution in [0, 0.1) is 57.2 Å². The average Bonchev–Trinajstić information content (AvgIpc) is 3.10. The zero-order valence-corrected chi connectivity index (χ0v) is 19.8. The summed E-state index contributed by atoms with van der Waals surface area (Å²) in [7, 11) is 0. The van der Waals surface area contributed by atoms with Crippen molar-refractivity contribution in [3.63, 3.8) is 0 Å². The Morgan fingerprint density at radius 3 is 1.59 bits per heavy atom. The maximum atomic E-state index is 2.68. The normalized spacial score (nSPS) is 52.0. The van der Waals surface area contributed by atoms with Gasteiger partial charge in [0, 0.05) is 0 Å². The molecular formula is C27H48. The van der Waals surface area contributed by atoms with Gasteiger partial charge in [-0.15, -0.1) is 0 Å². The van der Waals surface area contributed by atoms with E-state index in [1.165, 1.54) is 57.8 Å². The third-order valence-corrected chi connectivity index (χ3v) is 12.3. The lowest BCUT2D eigenvalue weighted by Gasteiger charge is -2.43. The highest BCUT2D eigenvalue weighted by molar-refractivity contribution is 5.16. The van der Waals surface area contributed by atoms with E-state index in [1.54, 1.807) is 0 Å². The molecule has 0 heterocycles. The standard InChI is InChI=1S/C27H48/c1-9-11-22-19(21-15-17-26(22,7)25(21,5)6)12-13-23-18(10-2)20-14-16-27(23,8)24(20,3)4/h18-23H,9-17H2,1-8H3. The molecule has 4 aliphatic carbocycles. The SMILES string of the molecule is CCCC1C(CCC2C(CC)C3CCC2(C)C3(C)C)C2CCC1(C)C2(C)C. The van der Waals surface area contributed by atoms with E-state index in [4.69, 9.17) is 0 Å². The van der Waals surface area contributed by atoms with Gasteiger partial charge >= 0.3 is 0 Å². The fraction of sp³-hybridized carbons (Fsp3) is 1.00. The summed E-state index contributed by atoms with van der Waals surface area (Å²) in [6.45, 7) is 20.8. The van der Waals surface area contributed by atoms with Gasteiger partial charge in [0.25, 0.3) is 0 Å². The van der Waals surface area contributed by atoms with Crippen molar-refractivity contribution >= 4 is 0 Å². The Bertz CT molecular complexity index is 571. The summed E-state index contributed by atoms with van der Waals surface area (Å²) in [4.78, 5) is 0. The Kier molecular flexibility index (Phi) is 4.69.